The zero-order valence-electron chi connectivity index (χ0n) is 14.0. The van der Waals surface area contributed by atoms with E-state index in [1.807, 2.05) is 0 Å². The Morgan fingerprint density at radius 3 is 1.90 bits per heavy atom. The van der Waals surface area contributed by atoms with Crippen LogP contribution in [0.25, 0.3) is 0 Å². The third-order valence-electron chi connectivity index (χ3n) is 3.71. The fourth-order valence-electron chi connectivity index (χ4n) is 1.21. The molecule has 0 N–H and O–H groups in total. The summed E-state index contributed by atoms with van der Waals surface area (Å²) in [5.41, 5.74) is 0. The van der Waals surface area contributed by atoms with E-state index < -0.39 is 26.2 Å². The summed E-state index contributed by atoms with van der Waals surface area (Å²) in [6, 6.07) is 0. The van der Waals surface area contributed by atoms with Crippen molar-refractivity contribution in [2.24, 2.45) is 5.92 Å². The summed E-state index contributed by atoms with van der Waals surface area (Å²) in [7, 11) is 0.632. The Morgan fingerprint density at radius 1 is 1.05 bits per heavy atom. The molecule has 0 atom stereocenters. The molecular weight excluding hydrogens is 288 g/mol. The van der Waals surface area contributed by atoms with Crippen molar-refractivity contribution in [1.29, 1.82) is 0 Å². The van der Waals surface area contributed by atoms with E-state index >= 15 is 0 Å². The van der Waals surface area contributed by atoms with Gasteiger partial charge in [-0.05, 0) is 18.1 Å². The number of rotatable bonds is 5. The number of methoxy groups -OCH3 is 2. The Kier molecular flexibility index (Phi) is 7.68. The van der Waals surface area contributed by atoms with Gasteiger partial charge in [0.2, 0.25) is 0 Å². The van der Waals surface area contributed by atoms with Crippen LogP contribution in [0.5, 0.6) is 0 Å². The predicted molar refractivity (Wildman–Crippen MR) is 83.1 cm³/mol. The number of hydrogen-bond acceptors (Lipinski definition) is 5. The summed E-state index contributed by atoms with van der Waals surface area (Å²) in [5, 5.41) is 0.120. The van der Waals surface area contributed by atoms with Crippen LogP contribution in [0.4, 0.5) is 0 Å². The molecule has 0 amide bonds. The minimum atomic E-state index is -1.83. The highest BCUT2D eigenvalue weighted by atomic mass is 28.4. The molecule has 0 aromatic heterocycles. The van der Waals surface area contributed by atoms with E-state index in [-0.39, 0.29) is 11.5 Å². The van der Waals surface area contributed by atoms with Crippen LogP contribution in [0.2, 0.25) is 18.1 Å². The normalized spacial score (nSPS) is 11.6. The number of esters is 2. The SMILES string of the molecule is COC(=O)C(CC#CCO[Si](C)(C)C(C)(C)C)C(=O)OC. The summed E-state index contributed by atoms with van der Waals surface area (Å²) in [5.74, 6) is 3.36. The van der Waals surface area contributed by atoms with Crippen molar-refractivity contribution in [1.82, 2.24) is 0 Å². The van der Waals surface area contributed by atoms with E-state index in [1.165, 1.54) is 14.2 Å². The molecule has 21 heavy (non-hydrogen) atoms. The monoisotopic (exact) mass is 314 g/mol. The molecular formula is C15H26O5Si. The maximum Gasteiger partial charge on any atom is 0.321 e. The molecule has 0 aliphatic carbocycles. The third-order valence-corrected chi connectivity index (χ3v) is 8.19. The molecule has 6 heteroatoms. The lowest BCUT2D eigenvalue weighted by atomic mass is 10.1. The molecule has 0 fully saturated rings. The minimum Gasteiger partial charge on any atom is -0.468 e. The first-order valence-corrected chi connectivity index (χ1v) is 9.73. The smallest absolute Gasteiger partial charge is 0.321 e. The van der Waals surface area contributed by atoms with Gasteiger partial charge in [-0.25, -0.2) is 0 Å². The molecule has 0 bridgehead atoms. The van der Waals surface area contributed by atoms with Crippen LogP contribution in [0.15, 0.2) is 0 Å². The summed E-state index contributed by atoms with van der Waals surface area (Å²) in [4.78, 5) is 22.9. The van der Waals surface area contributed by atoms with E-state index in [4.69, 9.17) is 4.43 Å². The molecule has 0 radical (unpaired) electrons. The Bertz CT molecular complexity index is 410. The van der Waals surface area contributed by atoms with Crippen molar-refractivity contribution in [3.05, 3.63) is 0 Å². The fourth-order valence-corrected chi connectivity index (χ4v) is 2.07. The van der Waals surface area contributed by atoms with Gasteiger partial charge in [0.25, 0.3) is 0 Å². The first-order valence-electron chi connectivity index (χ1n) is 6.82. The molecule has 120 valence electrons. The van der Waals surface area contributed by atoms with Crippen LogP contribution in [0.1, 0.15) is 27.2 Å². The fraction of sp³-hybridized carbons (Fsp3) is 0.733. The predicted octanol–water partition coefficient (Wildman–Crippen LogP) is 2.36. The lowest BCUT2D eigenvalue weighted by Crippen LogP contribution is -2.40. The van der Waals surface area contributed by atoms with Crippen molar-refractivity contribution in [2.45, 2.75) is 45.3 Å². The summed E-state index contributed by atoms with van der Waals surface area (Å²) in [6.07, 6.45) is 0.0697. The van der Waals surface area contributed by atoms with Gasteiger partial charge >= 0.3 is 11.9 Å². The number of ether oxygens (including phenoxy) is 2. The molecule has 0 saturated heterocycles. The molecule has 0 aliphatic rings. The number of carbonyl (C=O) groups excluding carboxylic acids is 2. The van der Waals surface area contributed by atoms with Crippen LogP contribution in [-0.4, -0.2) is 41.1 Å². The van der Waals surface area contributed by atoms with E-state index in [2.05, 4.69) is 55.2 Å². The standard InChI is InChI=1S/C15H26O5Si/c1-15(2,3)21(6,7)20-11-9-8-10-12(13(16)18-4)14(17)19-5/h12H,10-11H2,1-7H3. The van der Waals surface area contributed by atoms with E-state index in [0.717, 1.165) is 0 Å². The first kappa shape index (κ1) is 19.7. The Labute approximate surface area is 128 Å². The van der Waals surface area contributed by atoms with Gasteiger partial charge < -0.3 is 13.9 Å². The van der Waals surface area contributed by atoms with Gasteiger partial charge in [0, 0.05) is 6.42 Å². The average Bonchev–Trinajstić information content (AvgIpc) is 2.39. The molecule has 0 spiro atoms. The summed E-state index contributed by atoms with van der Waals surface area (Å²) in [6.45, 7) is 11.0. The van der Waals surface area contributed by atoms with Crippen LogP contribution >= 0.6 is 0 Å². The quantitative estimate of drug-likeness (QED) is 0.337. The van der Waals surface area contributed by atoms with Crippen LogP contribution < -0.4 is 0 Å². The zero-order valence-corrected chi connectivity index (χ0v) is 15.0. The Morgan fingerprint density at radius 2 is 1.52 bits per heavy atom. The van der Waals surface area contributed by atoms with E-state index in [0.29, 0.717) is 6.61 Å². The zero-order chi connectivity index (χ0) is 16.7. The first-order chi connectivity index (χ1) is 9.56. The highest BCUT2D eigenvalue weighted by Crippen LogP contribution is 2.36. The molecule has 5 nitrogen and oxygen atoms in total. The molecule has 0 saturated carbocycles. The summed E-state index contributed by atoms with van der Waals surface area (Å²) < 4.78 is 15.0. The highest BCUT2D eigenvalue weighted by molar-refractivity contribution is 6.74. The Hall–Kier alpha value is -1.32. The molecule has 0 rings (SSSR count). The second-order valence-corrected chi connectivity index (χ2v) is 11.0. The number of carbonyl (C=O) groups is 2. The van der Waals surface area contributed by atoms with Crippen LogP contribution in [0, 0.1) is 17.8 Å². The van der Waals surface area contributed by atoms with Gasteiger partial charge in [-0.3, -0.25) is 9.59 Å². The third kappa shape index (κ3) is 6.32. The molecule has 0 aliphatic heterocycles. The van der Waals surface area contributed by atoms with Gasteiger partial charge in [0.15, 0.2) is 14.2 Å². The molecule has 0 aromatic rings. The average molecular weight is 314 g/mol. The van der Waals surface area contributed by atoms with E-state index in [9.17, 15) is 9.59 Å². The van der Waals surface area contributed by atoms with Crippen LogP contribution in [-0.2, 0) is 23.5 Å². The van der Waals surface area contributed by atoms with Gasteiger partial charge in [-0.1, -0.05) is 32.6 Å². The summed E-state index contributed by atoms with van der Waals surface area (Å²) >= 11 is 0. The molecule has 0 aromatic carbocycles. The van der Waals surface area contributed by atoms with Crippen molar-refractivity contribution in [3.8, 4) is 11.8 Å². The lowest BCUT2D eigenvalue weighted by molar-refractivity contribution is -0.158. The topological polar surface area (TPSA) is 61.8 Å². The second-order valence-electron chi connectivity index (χ2n) is 6.21. The van der Waals surface area contributed by atoms with Crippen LogP contribution in [0.3, 0.4) is 0 Å². The largest absolute Gasteiger partial charge is 0.468 e. The van der Waals surface area contributed by atoms with Crippen molar-refractivity contribution >= 4 is 20.3 Å². The van der Waals surface area contributed by atoms with E-state index in [1.54, 1.807) is 0 Å². The van der Waals surface area contributed by atoms with Gasteiger partial charge in [-0.2, -0.15) is 0 Å². The van der Waals surface area contributed by atoms with Gasteiger partial charge in [-0.15, -0.1) is 0 Å². The lowest BCUT2D eigenvalue weighted by Gasteiger charge is -2.35. The van der Waals surface area contributed by atoms with Crippen molar-refractivity contribution < 1.29 is 23.5 Å². The maximum absolute atomic E-state index is 11.5. The van der Waals surface area contributed by atoms with Crippen molar-refractivity contribution in [2.75, 3.05) is 20.8 Å². The maximum atomic E-state index is 11.5. The minimum absolute atomic E-state index is 0.0697. The molecule has 0 heterocycles. The molecule has 0 unspecified atom stereocenters. The Balaban J connectivity index is 4.52. The number of hydrogen-bond donors (Lipinski definition) is 0. The highest BCUT2D eigenvalue weighted by Gasteiger charge is 2.36. The van der Waals surface area contributed by atoms with Gasteiger partial charge in [0.05, 0.1) is 20.8 Å². The van der Waals surface area contributed by atoms with Gasteiger partial charge in [0.1, 0.15) is 0 Å². The second kappa shape index (κ2) is 8.20. The van der Waals surface area contributed by atoms with Crippen molar-refractivity contribution in [3.63, 3.8) is 0 Å².